The van der Waals surface area contributed by atoms with Crippen LogP contribution in [0.1, 0.15) is 36.7 Å². The number of anilines is 1. The Morgan fingerprint density at radius 1 is 1.03 bits per heavy atom. The molecular formula is C22H25N3O3S. The molecule has 0 aromatic heterocycles. The predicted molar refractivity (Wildman–Crippen MR) is 120 cm³/mol. The molecule has 2 aromatic carbocycles. The summed E-state index contributed by atoms with van der Waals surface area (Å²) in [5, 5.41) is 8.48. The predicted octanol–water partition coefficient (Wildman–Crippen LogP) is 3.75. The van der Waals surface area contributed by atoms with Gasteiger partial charge in [-0.15, -0.1) is 0 Å². The van der Waals surface area contributed by atoms with E-state index in [0.717, 1.165) is 5.56 Å². The third kappa shape index (κ3) is 7.04. The summed E-state index contributed by atoms with van der Waals surface area (Å²) in [6, 6.07) is 14.3. The molecule has 0 heterocycles. The first kappa shape index (κ1) is 22.1. The van der Waals surface area contributed by atoms with Gasteiger partial charge < -0.3 is 15.4 Å². The molecule has 2 aromatic rings. The first-order valence-corrected chi connectivity index (χ1v) is 9.45. The van der Waals surface area contributed by atoms with E-state index in [1.165, 1.54) is 6.08 Å². The Hall–Kier alpha value is -3.19. The van der Waals surface area contributed by atoms with E-state index in [0.29, 0.717) is 17.0 Å². The molecule has 0 fully saturated rings. The molecule has 29 heavy (non-hydrogen) atoms. The minimum absolute atomic E-state index is 0.0932. The summed E-state index contributed by atoms with van der Waals surface area (Å²) in [6.07, 6.45) is 3.01. The first-order chi connectivity index (χ1) is 13.7. The number of amides is 2. The molecule has 0 atom stereocenters. The third-order valence-electron chi connectivity index (χ3n) is 3.70. The zero-order chi connectivity index (χ0) is 21.4. The van der Waals surface area contributed by atoms with E-state index in [4.69, 9.17) is 17.0 Å². The SMILES string of the molecule is COc1ccccc1C=CC(=O)NC(=S)Nc1ccccc1C(=O)NC(C)(C)C. The highest BCUT2D eigenvalue weighted by Gasteiger charge is 2.18. The lowest BCUT2D eigenvalue weighted by molar-refractivity contribution is -0.115. The van der Waals surface area contributed by atoms with Gasteiger partial charge in [-0.25, -0.2) is 0 Å². The fourth-order valence-corrected chi connectivity index (χ4v) is 2.69. The average Bonchev–Trinajstić information content (AvgIpc) is 2.65. The second-order valence-electron chi connectivity index (χ2n) is 7.27. The quantitative estimate of drug-likeness (QED) is 0.516. The summed E-state index contributed by atoms with van der Waals surface area (Å²) in [4.78, 5) is 24.7. The van der Waals surface area contributed by atoms with Crippen LogP contribution in [-0.2, 0) is 4.79 Å². The van der Waals surface area contributed by atoms with Crippen LogP contribution in [0.25, 0.3) is 6.08 Å². The number of thiocarbonyl (C=S) groups is 1. The maximum Gasteiger partial charge on any atom is 0.253 e. The largest absolute Gasteiger partial charge is 0.496 e. The van der Waals surface area contributed by atoms with Gasteiger partial charge in [0.05, 0.1) is 18.4 Å². The lowest BCUT2D eigenvalue weighted by atomic mass is 10.1. The number of hydrogen-bond acceptors (Lipinski definition) is 4. The van der Waals surface area contributed by atoms with Crippen LogP contribution >= 0.6 is 12.2 Å². The van der Waals surface area contributed by atoms with Gasteiger partial charge in [0, 0.05) is 17.2 Å². The maximum atomic E-state index is 12.5. The minimum atomic E-state index is -0.398. The van der Waals surface area contributed by atoms with Crippen molar-refractivity contribution in [1.29, 1.82) is 0 Å². The summed E-state index contributed by atoms with van der Waals surface area (Å²) in [5.74, 6) is 0.0341. The molecule has 0 saturated carbocycles. The molecular weight excluding hydrogens is 386 g/mol. The van der Waals surface area contributed by atoms with E-state index in [1.54, 1.807) is 37.5 Å². The highest BCUT2D eigenvalue weighted by molar-refractivity contribution is 7.80. The van der Waals surface area contributed by atoms with Crippen molar-refractivity contribution in [3.05, 3.63) is 65.7 Å². The van der Waals surface area contributed by atoms with Crippen LogP contribution in [0.3, 0.4) is 0 Å². The zero-order valence-corrected chi connectivity index (χ0v) is 17.7. The van der Waals surface area contributed by atoms with E-state index in [9.17, 15) is 9.59 Å². The Kier molecular flexibility index (Phi) is 7.50. The van der Waals surface area contributed by atoms with Crippen molar-refractivity contribution in [2.24, 2.45) is 0 Å². The number of ether oxygens (including phenoxy) is 1. The number of carbonyl (C=O) groups is 2. The van der Waals surface area contributed by atoms with Crippen molar-refractivity contribution in [2.45, 2.75) is 26.3 Å². The third-order valence-corrected chi connectivity index (χ3v) is 3.90. The van der Waals surface area contributed by atoms with Gasteiger partial charge in [0.1, 0.15) is 5.75 Å². The Morgan fingerprint density at radius 3 is 2.38 bits per heavy atom. The van der Waals surface area contributed by atoms with Crippen molar-refractivity contribution in [2.75, 3.05) is 12.4 Å². The molecule has 0 spiro atoms. The minimum Gasteiger partial charge on any atom is -0.496 e. The van der Waals surface area contributed by atoms with Gasteiger partial charge in [0.25, 0.3) is 5.91 Å². The lowest BCUT2D eigenvalue weighted by Gasteiger charge is -2.21. The fourth-order valence-electron chi connectivity index (χ4n) is 2.47. The van der Waals surface area contributed by atoms with E-state index >= 15 is 0 Å². The van der Waals surface area contributed by atoms with Crippen LogP contribution in [0, 0.1) is 0 Å². The number of methoxy groups -OCH3 is 1. The van der Waals surface area contributed by atoms with E-state index in [1.807, 2.05) is 45.0 Å². The Labute approximate surface area is 176 Å². The first-order valence-electron chi connectivity index (χ1n) is 9.04. The number of benzene rings is 2. The van der Waals surface area contributed by atoms with E-state index < -0.39 is 5.91 Å². The summed E-state index contributed by atoms with van der Waals surface area (Å²) >= 11 is 5.21. The number of rotatable bonds is 5. The highest BCUT2D eigenvalue weighted by Crippen LogP contribution is 2.19. The lowest BCUT2D eigenvalue weighted by Crippen LogP contribution is -2.41. The van der Waals surface area contributed by atoms with Crippen molar-refractivity contribution in [3.8, 4) is 5.75 Å². The Bertz CT molecular complexity index is 933. The summed E-state index contributed by atoms with van der Waals surface area (Å²) < 4.78 is 5.25. The van der Waals surface area contributed by atoms with Crippen LogP contribution in [0.2, 0.25) is 0 Å². The van der Waals surface area contributed by atoms with Crippen molar-refractivity contribution in [1.82, 2.24) is 10.6 Å². The summed E-state index contributed by atoms with van der Waals surface area (Å²) in [5.41, 5.74) is 1.34. The standard InChI is InChI=1S/C22H25N3O3S/c1-22(2,3)25-20(27)16-10-6-7-11-17(16)23-21(29)24-19(26)14-13-15-9-5-8-12-18(15)28-4/h5-14H,1-4H3,(H,25,27)(H2,23,24,26,29). The van der Waals surface area contributed by atoms with Gasteiger partial charge in [-0.3, -0.25) is 14.9 Å². The molecule has 0 aliphatic heterocycles. The van der Waals surface area contributed by atoms with Crippen LogP contribution < -0.4 is 20.7 Å². The topological polar surface area (TPSA) is 79.5 Å². The monoisotopic (exact) mass is 411 g/mol. The molecule has 2 amide bonds. The van der Waals surface area contributed by atoms with Gasteiger partial charge in [0.15, 0.2) is 5.11 Å². The number of carbonyl (C=O) groups excluding carboxylic acids is 2. The second kappa shape index (κ2) is 9.84. The molecule has 0 aliphatic rings. The molecule has 6 nitrogen and oxygen atoms in total. The van der Waals surface area contributed by atoms with Crippen molar-refractivity contribution >= 4 is 40.9 Å². The van der Waals surface area contributed by atoms with Crippen molar-refractivity contribution < 1.29 is 14.3 Å². The van der Waals surface area contributed by atoms with Gasteiger partial charge in [-0.1, -0.05) is 30.3 Å². The van der Waals surface area contributed by atoms with Gasteiger partial charge >= 0.3 is 0 Å². The highest BCUT2D eigenvalue weighted by atomic mass is 32.1. The average molecular weight is 412 g/mol. The van der Waals surface area contributed by atoms with Crippen LogP contribution in [0.15, 0.2) is 54.6 Å². The molecule has 0 unspecified atom stereocenters. The van der Waals surface area contributed by atoms with Crippen LogP contribution in [0.5, 0.6) is 5.75 Å². The maximum absolute atomic E-state index is 12.5. The van der Waals surface area contributed by atoms with E-state index in [2.05, 4.69) is 16.0 Å². The Balaban J connectivity index is 2.03. The normalized spacial score (nSPS) is 11.0. The molecule has 2 rings (SSSR count). The number of para-hydroxylation sites is 2. The molecule has 0 saturated heterocycles. The Morgan fingerprint density at radius 2 is 1.69 bits per heavy atom. The smallest absolute Gasteiger partial charge is 0.253 e. The van der Waals surface area contributed by atoms with Gasteiger partial charge in [0.2, 0.25) is 5.91 Å². The number of hydrogen-bond donors (Lipinski definition) is 3. The summed E-state index contributed by atoms with van der Waals surface area (Å²) in [6.45, 7) is 5.71. The molecule has 7 heteroatoms. The zero-order valence-electron chi connectivity index (χ0n) is 16.9. The van der Waals surface area contributed by atoms with Crippen molar-refractivity contribution in [3.63, 3.8) is 0 Å². The molecule has 0 radical (unpaired) electrons. The molecule has 0 aliphatic carbocycles. The van der Waals surface area contributed by atoms with Gasteiger partial charge in [-0.2, -0.15) is 0 Å². The fraction of sp³-hybridized carbons (Fsp3) is 0.227. The van der Waals surface area contributed by atoms with Crippen LogP contribution in [-0.4, -0.2) is 29.6 Å². The number of nitrogens with one attached hydrogen (secondary N) is 3. The summed E-state index contributed by atoms with van der Waals surface area (Å²) in [7, 11) is 1.57. The van der Waals surface area contributed by atoms with E-state index in [-0.39, 0.29) is 16.6 Å². The second-order valence-corrected chi connectivity index (χ2v) is 7.68. The van der Waals surface area contributed by atoms with Crippen LogP contribution in [0.4, 0.5) is 5.69 Å². The molecule has 152 valence electrons. The molecule has 3 N–H and O–H groups in total. The molecule has 0 bridgehead atoms. The van der Waals surface area contributed by atoms with Gasteiger partial charge in [-0.05, 0) is 57.3 Å².